The third kappa shape index (κ3) is 4.23. The molecule has 0 aliphatic carbocycles. The van der Waals surface area contributed by atoms with Gasteiger partial charge in [-0.2, -0.15) is 13.2 Å². The number of anilines is 1. The number of aromatic nitrogens is 2. The zero-order valence-corrected chi connectivity index (χ0v) is 17.9. The lowest BCUT2D eigenvalue weighted by atomic mass is 10.0. The molecule has 2 heterocycles. The van der Waals surface area contributed by atoms with Gasteiger partial charge in [0.2, 0.25) is 5.91 Å². The van der Waals surface area contributed by atoms with Crippen molar-refractivity contribution < 1.29 is 18.0 Å². The first-order chi connectivity index (χ1) is 15.1. The van der Waals surface area contributed by atoms with Crippen LogP contribution in [0.4, 0.5) is 18.9 Å². The molecule has 1 N–H and O–H groups in total. The monoisotopic (exact) mass is 437 g/mol. The quantitative estimate of drug-likeness (QED) is 0.418. The molecule has 0 spiro atoms. The fourth-order valence-corrected chi connectivity index (χ4v) is 3.67. The second-order valence-electron chi connectivity index (χ2n) is 7.89. The number of benzene rings is 2. The van der Waals surface area contributed by atoms with Crippen LogP contribution in [0.1, 0.15) is 27.9 Å². The van der Waals surface area contributed by atoms with E-state index in [9.17, 15) is 18.0 Å². The average molecular weight is 437 g/mol. The molecular weight excluding hydrogens is 415 g/mol. The first-order valence-electron chi connectivity index (χ1n) is 10.1. The Kier molecular flexibility index (Phi) is 5.50. The van der Waals surface area contributed by atoms with E-state index in [0.717, 1.165) is 40.0 Å². The Morgan fingerprint density at radius 2 is 1.75 bits per heavy atom. The Morgan fingerprint density at radius 3 is 2.47 bits per heavy atom. The minimum Gasteiger partial charge on any atom is -0.326 e. The molecular formula is C25H22F3N3O. The molecule has 0 bridgehead atoms. The van der Waals surface area contributed by atoms with Crippen molar-refractivity contribution >= 4 is 17.2 Å². The molecule has 0 fully saturated rings. The van der Waals surface area contributed by atoms with Crippen LogP contribution in [0, 0.1) is 20.8 Å². The average Bonchev–Trinajstić information content (AvgIpc) is 3.09. The molecule has 0 unspecified atom stereocenters. The number of amides is 1. The first kappa shape index (κ1) is 21.6. The minimum absolute atomic E-state index is 0.0386. The molecule has 0 radical (unpaired) electrons. The van der Waals surface area contributed by atoms with E-state index in [1.165, 1.54) is 12.1 Å². The highest BCUT2D eigenvalue weighted by molar-refractivity contribution is 5.93. The van der Waals surface area contributed by atoms with E-state index in [1.807, 2.05) is 61.7 Å². The van der Waals surface area contributed by atoms with Crippen LogP contribution in [-0.2, 0) is 17.4 Å². The number of pyridine rings is 1. The summed E-state index contributed by atoms with van der Waals surface area (Å²) in [5, 5.41) is 2.59. The standard InChI is InChI=1S/C25H22F3N3O/c1-15-9-10-18(12-17(15)3)23-21(31-11-5-6-16(2)24(31)30-23)14-22(32)29-20-8-4-7-19(13-20)25(26,27)28/h4-13H,14H2,1-3H3,(H,29,32). The highest BCUT2D eigenvalue weighted by atomic mass is 19.4. The molecule has 0 aliphatic rings. The molecule has 4 rings (SSSR count). The number of nitrogens with one attached hydrogen (secondary N) is 1. The third-order valence-electron chi connectivity index (χ3n) is 5.53. The van der Waals surface area contributed by atoms with Crippen molar-refractivity contribution in [2.75, 3.05) is 5.32 Å². The molecule has 32 heavy (non-hydrogen) atoms. The third-order valence-corrected chi connectivity index (χ3v) is 5.53. The fraction of sp³-hybridized carbons (Fsp3) is 0.200. The number of carbonyl (C=O) groups excluding carboxylic acids is 1. The van der Waals surface area contributed by atoms with E-state index in [0.29, 0.717) is 11.4 Å². The summed E-state index contributed by atoms with van der Waals surface area (Å²) in [6.07, 6.45) is -2.67. The van der Waals surface area contributed by atoms with Gasteiger partial charge < -0.3 is 9.72 Å². The number of imidazole rings is 1. The first-order valence-corrected chi connectivity index (χ1v) is 10.1. The van der Waals surface area contributed by atoms with Gasteiger partial charge >= 0.3 is 6.18 Å². The Labute approximate surface area is 183 Å². The number of alkyl halides is 3. The molecule has 4 nitrogen and oxygen atoms in total. The van der Waals surface area contributed by atoms with Gasteiger partial charge in [0.15, 0.2) is 0 Å². The van der Waals surface area contributed by atoms with E-state index in [-0.39, 0.29) is 12.1 Å². The van der Waals surface area contributed by atoms with E-state index in [2.05, 4.69) is 5.32 Å². The number of hydrogen-bond acceptors (Lipinski definition) is 2. The molecule has 0 aliphatic heterocycles. The Morgan fingerprint density at radius 1 is 0.969 bits per heavy atom. The smallest absolute Gasteiger partial charge is 0.326 e. The molecule has 164 valence electrons. The molecule has 7 heteroatoms. The maximum Gasteiger partial charge on any atom is 0.416 e. The summed E-state index contributed by atoms with van der Waals surface area (Å²) in [6.45, 7) is 5.98. The number of nitrogens with zero attached hydrogens (tertiary/aromatic N) is 2. The number of carbonyl (C=O) groups is 1. The molecule has 2 aromatic carbocycles. The Balaban J connectivity index is 1.71. The summed E-state index contributed by atoms with van der Waals surface area (Å²) in [5.41, 5.74) is 5.49. The predicted molar refractivity (Wildman–Crippen MR) is 119 cm³/mol. The van der Waals surface area contributed by atoms with Gasteiger partial charge in [-0.25, -0.2) is 4.98 Å². The van der Waals surface area contributed by atoms with Crippen LogP contribution in [-0.4, -0.2) is 15.3 Å². The normalized spacial score (nSPS) is 11.7. The number of fused-ring (bicyclic) bond motifs is 1. The van der Waals surface area contributed by atoms with Crippen LogP contribution in [0.2, 0.25) is 0 Å². The summed E-state index contributed by atoms with van der Waals surface area (Å²) >= 11 is 0. The summed E-state index contributed by atoms with van der Waals surface area (Å²) in [5.74, 6) is -0.419. The molecule has 1 amide bonds. The highest BCUT2D eigenvalue weighted by Gasteiger charge is 2.30. The van der Waals surface area contributed by atoms with Crippen molar-refractivity contribution in [3.8, 4) is 11.3 Å². The van der Waals surface area contributed by atoms with Gasteiger partial charge in [-0.1, -0.05) is 24.3 Å². The summed E-state index contributed by atoms with van der Waals surface area (Å²) in [7, 11) is 0. The van der Waals surface area contributed by atoms with Crippen molar-refractivity contribution in [2.45, 2.75) is 33.4 Å². The SMILES string of the molecule is Cc1ccc(-c2nc3c(C)cccn3c2CC(=O)Nc2cccc(C(F)(F)F)c2)cc1C. The lowest BCUT2D eigenvalue weighted by Crippen LogP contribution is -2.16. The zero-order chi connectivity index (χ0) is 23.0. The number of halogens is 3. The fourth-order valence-electron chi connectivity index (χ4n) is 3.67. The van der Waals surface area contributed by atoms with E-state index in [1.54, 1.807) is 0 Å². The van der Waals surface area contributed by atoms with Gasteiger partial charge in [0.25, 0.3) is 0 Å². The molecule has 4 aromatic rings. The molecule has 0 saturated carbocycles. The number of aryl methyl sites for hydroxylation is 3. The van der Waals surface area contributed by atoms with Crippen molar-refractivity contribution in [3.05, 3.63) is 88.7 Å². The number of hydrogen-bond donors (Lipinski definition) is 1. The number of rotatable bonds is 4. The maximum absolute atomic E-state index is 13.0. The van der Waals surface area contributed by atoms with Gasteiger partial charge in [-0.05, 0) is 67.8 Å². The van der Waals surface area contributed by atoms with Gasteiger partial charge in [0.1, 0.15) is 5.65 Å². The van der Waals surface area contributed by atoms with Crippen LogP contribution >= 0.6 is 0 Å². The van der Waals surface area contributed by atoms with Gasteiger partial charge in [-0.15, -0.1) is 0 Å². The minimum atomic E-state index is -4.48. The largest absolute Gasteiger partial charge is 0.416 e. The van der Waals surface area contributed by atoms with Gasteiger partial charge in [-0.3, -0.25) is 4.79 Å². The summed E-state index contributed by atoms with van der Waals surface area (Å²) in [6, 6.07) is 14.4. The van der Waals surface area contributed by atoms with Crippen LogP contribution < -0.4 is 5.32 Å². The van der Waals surface area contributed by atoms with E-state index >= 15 is 0 Å². The van der Waals surface area contributed by atoms with Crippen LogP contribution in [0.3, 0.4) is 0 Å². The Hall–Kier alpha value is -3.61. The van der Waals surface area contributed by atoms with Crippen LogP contribution in [0.5, 0.6) is 0 Å². The topological polar surface area (TPSA) is 46.4 Å². The summed E-state index contributed by atoms with van der Waals surface area (Å²) in [4.78, 5) is 17.6. The second kappa shape index (κ2) is 8.15. The predicted octanol–water partition coefficient (Wildman–Crippen LogP) is 6.13. The van der Waals surface area contributed by atoms with Crippen molar-refractivity contribution in [1.29, 1.82) is 0 Å². The van der Waals surface area contributed by atoms with Crippen LogP contribution in [0.15, 0.2) is 60.8 Å². The highest BCUT2D eigenvalue weighted by Crippen LogP contribution is 2.31. The molecule has 2 aromatic heterocycles. The summed E-state index contributed by atoms with van der Waals surface area (Å²) < 4.78 is 40.9. The lowest BCUT2D eigenvalue weighted by molar-refractivity contribution is -0.137. The maximum atomic E-state index is 13.0. The second-order valence-corrected chi connectivity index (χ2v) is 7.89. The van der Waals surface area contributed by atoms with Crippen molar-refractivity contribution in [3.63, 3.8) is 0 Å². The van der Waals surface area contributed by atoms with Gasteiger partial charge in [0, 0.05) is 17.4 Å². The van der Waals surface area contributed by atoms with E-state index < -0.39 is 17.6 Å². The lowest BCUT2D eigenvalue weighted by Gasteiger charge is -2.11. The zero-order valence-electron chi connectivity index (χ0n) is 17.9. The van der Waals surface area contributed by atoms with E-state index in [4.69, 9.17) is 4.98 Å². The Bertz CT molecular complexity index is 1320. The van der Waals surface area contributed by atoms with Gasteiger partial charge in [0.05, 0.1) is 23.4 Å². The van der Waals surface area contributed by atoms with Crippen molar-refractivity contribution in [2.24, 2.45) is 0 Å². The molecule has 0 saturated heterocycles. The van der Waals surface area contributed by atoms with Crippen LogP contribution in [0.25, 0.3) is 16.9 Å². The molecule has 0 atom stereocenters. The van der Waals surface area contributed by atoms with Crippen molar-refractivity contribution in [1.82, 2.24) is 9.38 Å².